The number of aromatic nitrogens is 6. The molecule has 150 valence electrons. The molecule has 0 fully saturated rings. The Morgan fingerprint density at radius 1 is 1.10 bits per heavy atom. The Morgan fingerprint density at radius 2 is 1.93 bits per heavy atom. The molecule has 0 atom stereocenters. The minimum absolute atomic E-state index is 0.238. The van der Waals surface area contributed by atoms with Crippen molar-refractivity contribution in [2.24, 2.45) is 0 Å². The predicted octanol–water partition coefficient (Wildman–Crippen LogP) is 3.15. The van der Waals surface area contributed by atoms with Gasteiger partial charge in [0.2, 0.25) is 0 Å². The fourth-order valence-corrected chi connectivity index (χ4v) is 3.79. The fourth-order valence-electron chi connectivity index (χ4n) is 3.79. The van der Waals surface area contributed by atoms with Crippen molar-refractivity contribution in [1.82, 2.24) is 29.8 Å². The van der Waals surface area contributed by atoms with E-state index in [9.17, 15) is 13.6 Å². The molecule has 0 aliphatic rings. The van der Waals surface area contributed by atoms with Gasteiger partial charge in [-0.15, -0.1) is 5.10 Å². The summed E-state index contributed by atoms with van der Waals surface area (Å²) in [6.07, 6.45) is 1.70. The van der Waals surface area contributed by atoms with Gasteiger partial charge in [-0.1, -0.05) is 23.4 Å². The minimum Gasteiger partial charge on any atom is -0.330 e. The van der Waals surface area contributed by atoms with Gasteiger partial charge < -0.3 is 4.57 Å². The molecule has 0 saturated heterocycles. The molecule has 1 N–H and O–H groups in total. The van der Waals surface area contributed by atoms with Crippen molar-refractivity contribution < 1.29 is 8.78 Å². The average Bonchev–Trinajstić information content (AvgIpc) is 3.30. The summed E-state index contributed by atoms with van der Waals surface area (Å²) < 4.78 is 31.1. The standard InChI is InChI=1S/C21H16F2N6O/c1-12-19-16-8-14(22)6-7-18(16)29(20(19)21(30)26-24-12)11-15-10-28(27-25-15)9-13-4-2-3-5-17(13)23/h2-8,10H,9,11H2,1H3,(H,26,30). The average molecular weight is 406 g/mol. The Bertz CT molecular complexity index is 1470. The van der Waals surface area contributed by atoms with Gasteiger partial charge in [-0.05, 0) is 31.2 Å². The highest BCUT2D eigenvalue weighted by molar-refractivity contribution is 6.08. The van der Waals surface area contributed by atoms with Crippen LogP contribution in [0.25, 0.3) is 21.8 Å². The lowest BCUT2D eigenvalue weighted by atomic mass is 10.1. The molecule has 30 heavy (non-hydrogen) atoms. The van der Waals surface area contributed by atoms with Crippen LogP contribution in [0.1, 0.15) is 17.0 Å². The maximum Gasteiger partial charge on any atom is 0.288 e. The van der Waals surface area contributed by atoms with Crippen LogP contribution >= 0.6 is 0 Å². The van der Waals surface area contributed by atoms with Crippen molar-refractivity contribution in [3.63, 3.8) is 0 Å². The zero-order valence-electron chi connectivity index (χ0n) is 15.9. The summed E-state index contributed by atoms with van der Waals surface area (Å²) in [6, 6.07) is 10.9. The first-order chi connectivity index (χ1) is 14.5. The lowest BCUT2D eigenvalue weighted by Gasteiger charge is -2.04. The summed E-state index contributed by atoms with van der Waals surface area (Å²) in [5, 5.41) is 16.0. The normalized spacial score (nSPS) is 11.6. The van der Waals surface area contributed by atoms with Crippen molar-refractivity contribution in [2.45, 2.75) is 20.0 Å². The number of aryl methyl sites for hydroxylation is 1. The molecule has 9 heteroatoms. The number of nitrogens with zero attached hydrogens (tertiary/aromatic N) is 5. The van der Waals surface area contributed by atoms with E-state index in [2.05, 4.69) is 20.5 Å². The Morgan fingerprint density at radius 3 is 2.77 bits per heavy atom. The Hall–Kier alpha value is -3.88. The number of hydrogen-bond acceptors (Lipinski definition) is 4. The molecule has 0 radical (unpaired) electrons. The van der Waals surface area contributed by atoms with E-state index >= 15 is 0 Å². The van der Waals surface area contributed by atoms with Gasteiger partial charge >= 0.3 is 0 Å². The van der Waals surface area contributed by atoms with Crippen LogP contribution in [0.5, 0.6) is 0 Å². The van der Waals surface area contributed by atoms with Gasteiger partial charge in [0.15, 0.2) is 0 Å². The topological polar surface area (TPSA) is 81.4 Å². The van der Waals surface area contributed by atoms with E-state index in [4.69, 9.17) is 0 Å². The van der Waals surface area contributed by atoms with E-state index in [0.29, 0.717) is 38.8 Å². The summed E-state index contributed by atoms with van der Waals surface area (Å²) >= 11 is 0. The highest BCUT2D eigenvalue weighted by atomic mass is 19.1. The van der Waals surface area contributed by atoms with Gasteiger partial charge in [0.1, 0.15) is 22.8 Å². The molecule has 3 heterocycles. The first kappa shape index (κ1) is 18.2. The SMILES string of the molecule is Cc1n[nH]c(=O)c2c1c1cc(F)ccc1n2Cc1cn(Cc2ccccc2F)nn1. The van der Waals surface area contributed by atoms with Gasteiger partial charge in [-0.25, -0.2) is 18.6 Å². The number of nitrogens with one attached hydrogen (secondary N) is 1. The van der Waals surface area contributed by atoms with Crippen LogP contribution in [0.4, 0.5) is 8.78 Å². The molecule has 3 aromatic heterocycles. The first-order valence-electron chi connectivity index (χ1n) is 9.30. The largest absolute Gasteiger partial charge is 0.330 e. The summed E-state index contributed by atoms with van der Waals surface area (Å²) in [4.78, 5) is 12.6. The minimum atomic E-state index is -0.392. The second kappa shape index (κ2) is 6.87. The van der Waals surface area contributed by atoms with Crippen LogP contribution in [0.2, 0.25) is 0 Å². The molecule has 2 aromatic carbocycles. The number of rotatable bonds is 4. The van der Waals surface area contributed by atoms with E-state index < -0.39 is 5.82 Å². The number of halogens is 2. The lowest BCUT2D eigenvalue weighted by molar-refractivity contribution is 0.577. The molecule has 0 aliphatic carbocycles. The molecule has 5 rings (SSSR count). The smallest absolute Gasteiger partial charge is 0.288 e. The first-order valence-corrected chi connectivity index (χ1v) is 9.30. The number of fused-ring (bicyclic) bond motifs is 3. The Kier molecular flexibility index (Phi) is 4.16. The van der Waals surface area contributed by atoms with Gasteiger partial charge in [0.25, 0.3) is 5.56 Å². The van der Waals surface area contributed by atoms with E-state index in [1.54, 1.807) is 46.6 Å². The number of H-pyrrole nitrogens is 1. The van der Waals surface area contributed by atoms with Crippen LogP contribution < -0.4 is 5.56 Å². The molecule has 0 unspecified atom stereocenters. The van der Waals surface area contributed by atoms with E-state index in [1.165, 1.54) is 18.2 Å². The van der Waals surface area contributed by atoms with E-state index in [1.807, 2.05) is 0 Å². The summed E-state index contributed by atoms with van der Waals surface area (Å²) in [5.74, 6) is -0.703. The summed E-state index contributed by atoms with van der Waals surface area (Å²) in [7, 11) is 0. The molecule has 0 saturated carbocycles. The Balaban J connectivity index is 1.59. The molecular weight excluding hydrogens is 390 g/mol. The maximum atomic E-state index is 13.9. The van der Waals surface area contributed by atoms with E-state index in [-0.39, 0.29) is 24.5 Å². The van der Waals surface area contributed by atoms with Crippen molar-refractivity contribution in [3.8, 4) is 0 Å². The molecule has 0 bridgehead atoms. The van der Waals surface area contributed by atoms with Gasteiger partial charge in [-0.2, -0.15) is 5.10 Å². The number of benzene rings is 2. The van der Waals surface area contributed by atoms with E-state index in [0.717, 1.165) is 0 Å². The second-order valence-electron chi connectivity index (χ2n) is 7.11. The van der Waals surface area contributed by atoms with Crippen molar-refractivity contribution >= 4 is 21.8 Å². The fraction of sp³-hybridized carbons (Fsp3) is 0.143. The molecule has 7 nitrogen and oxygen atoms in total. The van der Waals surface area contributed by atoms with Crippen LogP contribution in [-0.2, 0) is 13.1 Å². The van der Waals surface area contributed by atoms with Crippen LogP contribution in [0.3, 0.4) is 0 Å². The highest BCUT2D eigenvalue weighted by Crippen LogP contribution is 2.29. The third-order valence-corrected chi connectivity index (χ3v) is 5.12. The maximum absolute atomic E-state index is 13.9. The second-order valence-corrected chi connectivity index (χ2v) is 7.11. The van der Waals surface area contributed by atoms with Gasteiger partial charge in [-0.3, -0.25) is 4.79 Å². The third-order valence-electron chi connectivity index (χ3n) is 5.12. The quantitative estimate of drug-likeness (QED) is 0.497. The summed E-state index contributed by atoms with van der Waals surface area (Å²) in [5.41, 5.74) is 2.40. The summed E-state index contributed by atoms with van der Waals surface area (Å²) in [6.45, 7) is 2.24. The van der Waals surface area contributed by atoms with Crippen LogP contribution in [0, 0.1) is 18.6 Å². The zero-order valence-corrected chi connectivity index (χ0v) is 15.9. The van der Waals surface area contributed by atoms with Crippen molar-refractivity contribution in [2.75, 3.05) is 0 Å². The van der Waals surface area contributed by atoms with Crippen LogP contribution in [0.15, 0.2) is 53.5 Å². The van der Waals surface area contributed by atoms with Gasteiger partial charge in [0, 0.05) is 21.9 Å². The highest BCUT2D eigenvalue weighted by Gasteiger charge is 2.18. The zero-order chi connectivity index (χ0) is 20.8. The number of hydrogen-bond donors (Lipinski definition) is 1. The number of aromatic amines is 1. The molecule has 0 amide bonds. The molecule has 5 aromatic rings. The predicted molar refractivity (Wildman–Crippen MR) is 107 cm³/mol. The van der Waals surface area contributed by atoms with Crippen molar-refractivity contribution in [1.29, 1.82) is 0 Å². The van der Waals surface area contributed by atoms with Crippen LogP contribution in [-0.4, -0.2) is 29.8 Å². The third kappa shape index (κ3) is 2.95. The van der Waals surface area contributed by atoms with Gasteiger partial charge in [0.05, 0.1) is 25.0 Å². The molecule has 0 spiro atoms. The molecular formula is C21H16F2N6O. The molecule has 0 aliphatic heterocycles. The monoisotopic (exact) mass is 406 g/mol. The lowest BCUT2D eigenvalue weighted by Crippen LogP contribution is -2.14. The van der Waals surface area contributed by atoms with Crippen molar-refractivity contribution in [3.05, 3.63) is 87.6 Å². The Labute approximate surface area is 168 Å².